The summed E-state index contributed by atoms with van der Waals surface area (Å²) in [4.78, 5) is 17.1. The van der Waals surface area contributed by atoms with E-state index >= 15 is 0 Å². The van der Waals surface area contributed by atoms with Gasteiger partial charge in [0.15, 0.2) is 17.4 Å². The fraction of sp³-hybridized carbons (Fsp3) is 0.409. The van der Waals surface area contributed by atoms with Gasteiger partial charge < -0.3 is 15.0 Å². The Balaban J connectivity index is 1.24. The van der Waals surface area contributed by atoms with Crippen molar-refractivity contribution in [2.45, 2.75) is 31.3 Å². The molecule has 5 rings (SSSR count). The van der Waals surface area contributed by atoms with E-state index < -0.39 is 29.9 Å². The number of aromatic nitrogens is 4. The van der Waals surface area contributed by atoms with E-state index in [9.17, 15) is 22.4 Å². The lowest BCUT2D eigenvalue weighted by atomic mass is 10.0. The molecule has 0 aliphatic carbocycles. The van der Waals surface area contributed by atoms with Crippen molar-refractivity contribution in [1.29, 1.82) is 0 Å². The maximum atomic E-state index is 13.9. The Morgan fingerprint density at radius 1 is 1.14 bits per heavy atom. The smallest absolute Gasteiger partial charge is 0.403 e. The summed E-state index contributed by atoms with van der Waals surface area (Å²) >= 11 is 1.14. The number of hydrogen-bond acceptors (Lipinski definition) is 10. The predicted molar refractivity (Wildman–Crippen MR) is 127 cm³/mol. The first-order chi connectivity index (χ1) is 17.7. The normalized spacial score (nSPS) is 18.8. The van der Waals surface area contributed by atoms with Gasteiger partial charge in [-0.3, -0.25) is 15.0 Å². The summed E-state index contributed by atoms with van der Waals surface area (Å²) in [6.07, 6.45) is -1.77. The van der Waals surface area contributed by atoms with E-state index in [4.69, 9.17) is 0 Å². The Labute approximate surface area is 212 Å². The molecule has 0 unspecified atom stereocenters. The standard InChI is InChI=1S/C22H22F4N8O2S/c23-15-5-4-13(11-16(15)36-22(24,25)26)18(33-8-2-9-33)19(35)29-21-32-31-20(37-21)28-14-6-10-34(12-14)17-3-1-7-27-30-17/h1,3-5,7,11,14,18H,2,6,8-10,12H2,(H,28,31)(H,29,32,35)/t14-,18-/m1/s1. The molecule has 0 radical (unpaired) electrons. The van der Waals surface area contributed by atoms with E-state index in [1.54, 1.807) is 11.1 Å². The first kappa shape index (κ1) is 25.1. The van der Waals surface area contributed by atoms with Gasteiger partial charge in [0.1, 0.15) is 6.04 Å². The third-order valence-corrected chi connectivity index (χ3v) is 6.82. The first-order valence-electron chi connectivity index (χ1n) is 11.5. The maximum absolute atomic E-state index is 13.9. The van der Waals surface area contributed by atoms with E-state index in [1.807, 2.05) is 12.1 Å². The number of nitrogens with zero attached hydrogens (tertiary/aromatic N) is 6. The molecular formula is C22H22F4N8O2S. The molecule has 196 valence electrons. The molecule has 2 atom stereocenters. The number of amides is 1. The van der Waals surface area contributed by atoms with Crippen molar-refractivity contribution in [2.24, 2.45) is 0 Å². The lowest BCUT2D eigenvalue weighted by Gasteiger charge is -2.37. The minimum atomic E-state index is -5.06. The van der Waals surface area contributed by atoms with Crippen molar-refractivity contribution >= 4 is 33.3 Å². The molecule has 15 heteroatoms. The second kappa shape index (κ2) is 10.4. The molecule has 2 fully saturated rings. The monoisotopic (exact) mass is 538 g/mol. The molecule has 3 aromatic rings. The molecule has 1 amide bonds. The quantitative estimate of drug-likeness (QED) is 0.417. The third-order valence-electron chi connectivity index (χ3n) is 6.05. The van der Waals surface area contributed by atoms with Crippen molar-refractivity contribution in [1.82, 2.24) is 25.3 Å². The molecule has 0 bridgehead atoms. The van der Waals surface area contributed by atoms with Crippen LogP contribution in [0.1, 0.15) is 24.4 Å². The minimum Gasteiger partial charge on any atom is -0.403 e. The summed E-state index contributed by atoms with van der Waals surface area (Å²) in [6, 6.07) is 5.90. The largest absolute Gasteiger partial charge is 0.573 e. The van der Waals surface area contributed by atoms with Crippen LogP contribution >= 0.6 is 11.3 Å². The van der Waals surface area contributed by atoms with Crippen molar-refractivity contribution in [3.8, 4) is 5.75 Å². The second-order valence-corrected chi connectivity index (χ2v) is 9.57. The molecule has 10 nitrogen and oxygen atoms in total. The highest BCUT2D eigenvalue weighted by atomic mass is 32.1. The molecule has 0 saturated carbocycles. The molecular weight excluding hydrogens is 516 g/mol. The van der Waals surface area contributed by atoms with Gasteiger partial charge in [-0.05, 0) is 42.7 Å². The van der Waals surface area contributed by atoms with Crippen LogP contribution in [0.2, 0.25) is 0 Å². The van der Waals surface area contributed by atoms with Crippen LogP contribution in [0.3, 0.4) is 0 Å². The van der Waals surface area contributed by atoms with Crippen LogP contribution in [0, 0.1) is 5.82 Å². The van der Waals surface area contributed by atoms with E-state index in [1.165, 1.54) is 6.07 Å². The number of anilines is 3. The van der Waals surface area contributed by atoms with Crippen molar-refractivity contribution < 1.29 is 27.1 Å². The molecule has 2 aliphatic rings. The predicted octanol–water partition coefficient (Wildman–Crippen LogP) is 3.44. The van der Waals surface area contributed by atoms with Crippen LogP contribution in [0.5, 0.6) is 5.75 Å². The van der Waals surface area contributed by atoms with Crippen molar-refractivity contribution in [3.05, 3.63) is 47.9 Å². The van der Waals surface area contributed by atoms with Crippen LogP contribution in [-0.2, 0) is 4.79 Å². The first-order valence-corrected chi connectivity index (χ1v) is 12.3. The van der Waals surface area contributed by atoms with Gasteiger partial charge in [-0.15, -0.1) is 28.5 Å². The van der Waals surface area contributed by atoms with Crippen LogP contribution < -0.4 is 20.3 Å². The number of benzene rings is 1. The van der Waals surface area contributed by atoms with Crippen LogP contribution in [-0.4, -0.2) is 69.8 Å². The molecule has 2 aromatic heterocycles. The summed E-state index contributed by atoms with van der Waals surface area (Å²) in [6.45, 7) is 2.63. The number of likely N-dealkylation sites (tertiary alicyclic amines) is 1. The molecule has 0 spiro atoms. The van der Waals surface area contributed by atoms with Gasteiger partial charge in [-0.1, -0.05) is 17.4 Å². The number of rotatable bonds is 8. The average Bonchev–Trinajstić information content (AvgIpc) is 3.47. The number of hydrogen-bond donors (Lipinski definition) is 2. The zero-order valence-corrected chi connectivity index (χ0v) is 20.1. The molecule has 2 N–H and O–H groups in total. The van der Waals surface area contributed by atoms with Gasteiger partial charge in [0.25, 0.3) is 0 Å². The molecule has 2 aliphatic heterocycles. The summed E-state index contributed by atoms with van der Waals surface area (Å²) in [5.74, 6) is -1.88. The molecule has 2 saturated heterocycles. The van der Waals surface area contributed by atoms with Gasteiger partial charge in [0.05, 0.1) is 0 Å². The molecule has 37 heavy (non-hydrogen) atoms. The van der Waals surface area contributed by atoms with Crippen LogP contribution in [0.15, 0.2) is 36.5 Å². The highest BCUT2D eigenvalue weighted by Gasteiger charge is 2.35. The number of nitrogens with one attached hydrogen (secondary N) is 2. The Hall–Kier alpha value is -3.59. The van der Waals surface area contributed by atoms with Gasteiger partial charge in [0.2, 0.25) is 16.2 Å². The lowest BCUT2D eigenvalue weighted by Crippen LogP contribution is -2.45. The van der Waals surface area contributed by atoms with Gasteiger partial charge in [-0.25, -0.2) is 4.39 Å². The van der Waals surface area contributed by atoms with Crippen LogP contribution in [0.4, 0.5) is 33.6 Å². The van der Waals surface area contributed by atoms with E-state index in [2.05, 4.69) is 40.7 Å². The number of carbonyl (C=O) groups is 1. The Bertz CT molecular complexity index is 1240. The fourth-order valence-electron chi connectivity index (χ4n) is 4.25. The van der Waals surface area contributed by atoms with E-state index in [0.717, 1.165) is 48.7 Å². The average molecular weight is 539 g/mol. The molecule has 1 aromatic carbocycles. The minimum absolute atomic E-state index is 0.0959. The summed E-state index contributed by atoms with van der Waals surface area (Å²) < 4.78 is 55.8. The van der Waals surface area contributed by atoms with E-state index in [-0.39, 0.29) is 16.7 Å². The zero-order chi connectivity index (χ0) is 26.0. The van der Waals surface area contributed by atoms with Crippen molar-refractivity contribution in [2.75, 3.05) is 41.7 Å². The highest BCUT2D eigenvalue weighted by Crippen LogP contribution is 2.33. The lowest BCUT2D eigenvalue weighted by molar-refractivity contribution is -0.275. The van der Waals surface area contributed by atoms with E-state index in [0.29, 0.717) is 24.8 Å². The number of ether oxygens (including phenoxy) is 1. The Morgan fingerprint density at radius 3 is 2.65 bits per heavy atom. The van der Waals surface area contributed by atoms with Gasteiger partial charge >= 0.3 is 6.36 Å². The molecule has 4 heterocycles. The third kappa shape index (κ3) is 6.05. The zero-order valence-electron chi connectivity index (χ0n) is 19.3. The van der Waals surface area contributed by atoms with Crippen LogP contribution in [0.25, 0.3) is 0 Å². The summed E-state index contributed by atoms with van der Waals surface area (Å²) in [5, 5.41) is 22.9. The fourth-order valence-corrected chi connectivity index (χ4v) is 4.97. The summed E-state index contributed by atoms with van der Waals surface area (Å²) in [7, 11) is 0. The summed E-state index contributed by atoms with van der Waals surface area (Å²) in [5.41, 5.74) is 0.177. The Morgan fingerprint density at radius 2 is 1.95 bits per heavy atom. The SMILES string of the molecule is O=C(Nc1nnc(N[C@@H]2CCN(c3cccnn3)C2)s1)[C@@H](c1ccc(F)c(OC(F)(F)F)c1)N1CCC1. The highest BCUT2D eigenvalue weighted by molar-refractivity contribution is 7.19. The second-order valence-electron chi connectivity index (χ2n) is 8.59. The van der Waals surface area contributed by atoms with Gasteiger partial charge in [-0.2, -0.15) is 5.10 Å². The van der Waals surface area contributed by atoms with Gasteiger partial charge in [0, 0.05) is 38.4 Å². The Kier molecular flexibility index (Phi) is 7.06. The maximum Gasteiger partial charge on any atom is 0.573 e. The number of halogens is 4. The van der Waals surface area contributed by atoms with Crippen molar-refractivity contribution in [3.63, 3.8) is 0 Å². The number of alkyl halides is 3. The topological polar surface area (TPSA) is 108 Å². The number of carbonyl (C=O) groups excluding carboxylic acids is 1.